The number of fused-ring (bicyclic) bond motifs is 1. The Morgan fingerprint density at radius 1 is 1.35 bits per heavy atom. The van der Waals surface area contributed by atoms with Crippen molar-refractivity contribution in [2.45, 2.75) is 11.9 Å². The van der Waals surface area contributed by atoms with E-state index in [4.69, 9.17) is 16.7 Å². The number of benzene rings is 1. The molecule has 0 radical (unpaired) electrons. The SMILES string of the molecule is O=C(O)C(Cl)Cn1ccc2ccccc2c1=O. The standard InChI is InChI=1S/C12H10ClNO3/c13-10(12(16)17)7-14-6-5-8-3-1-2-4-9(8)11(14)15/h1-6,10H,7H2,(H,16,17). The van der Waals surface area contributed by atoms with E-state index in [9.17, 15) is 9.59 Å². The van der Waals surface area contributed by atoms with Gasteiger partial charge in [0.05, 0.1) is 6.54 Å². The summed E-state index contributed by atoms with van der Waals surface area (Å²) in [5.41, 5.74) is -0.227. The molecule has 1 N–H and O–H groups in total. The second-order valence-corrected chi connectivity index (χ2v) is 4.19. The Bertz CT molecular complexity index is 620. The van der Waals surface area contributed by atoms with E-state index < -0.39 is 11.3 Å². The minimum Gasteiger partial charge on any atom is -0.480 e. The van der Waals surface area contributed by atoms with Gasteiger partial charge in [-0.15, -0.1) is 11.6 Å². The summed E-state index contributed by atoms with van der Waals surface area (Å²) in [6, 6.07) is 8.91. The van der Waals surface area contributed by atoms with E-state index in [0.717, 1.165) is 5.39 Å². The van der Waals surface area contributed by atoms with Crippen molar-refractivity contribution >= 4 is 28.3 Å². The van der Waals surface area contributed by atoms with Gasteiger partial charge in [-0.05, 0) is 17.5 Å². The Labute approximate surface area is 102 Å². The summed E-state index contributed by atoms with van der Waals surface area (Å²) >= 11 is 5.61. The first-order valence-corrected chi connectivity index (χ1v) is 5.48. The van der Waals surface area contributed by atoms with Crippen molar-refractivity contribution in [3.63, 3.8) is 0 Å². The molecule has 1 unspecified atom stereocenters. The Morgan fingerprint density at radius 2 is 2.06 bits per heavy atom. The van der Waals surface area contributed by atoms with E-state index >= 15 is 0 Å². The molecular formula is C12H10ClNO3. The van der Waals surface area contributed by atoms with Crippen LogP contribution in [0.2, 0.25) is 0 Å². The number of carbonyl (C=O) groups is 1. The number of alkyl halides is 1. The van der Waals surface area contributed by atoms with E-state index in [2.05, 4.69) is 0 Å². The van der Waals surface area contributed by atoms with Crippen LogP contribution in [0.15, 0.2) is 41.3 Å². The van der Waals surface area contributed by atoms with Gasteiger partial charge in [-0.25, -0.2) is 0 Å². The smallest absolute Gasteiger partial charge is 0.323 e. The molecule has 17 heavy (non-hydrogen) atoms. The highest BCUT2D eigenvalue weighted by Crippen LogP contribution is 2.09. The molecule has 2 rings (SSSR count). The van der Waals surface area contributed by atoms with E-state index in [1.807, 2.05) is 12.1 Å². The monoisotopic (exact) mass is 251 g/mol. The normalized spacial score (nSPS) is 12.5. The number of carboxylic acids is 1. The van der Waals surface area contributed by atoms with Crippen molar-refractivity contribution in [1.29, 1.82) is 0 Å². The molecule has 0 saturated carbocycles. The number of hydrogen-bond acceptors (Lipinski definition) is 2. The zero-order valence-corrected chi connectivity index (χ0v) is 9.59. The maximum Gasteiger partial charge on any atom is 0.323 e. The third-order valence-corrected chi connectivity index (χ3v) is 2.84. The highest BCUT2D eigenvalue weighted by atomic mass is 35.5. The summed E-state index contributed by atoms with van der Waals surface area (Å²) in [5, 5.41) is 8.99. The third-order valence-electron chi connectivity index (χ3n) is 2.51. The molecule has 0 spiro atoms. The average molecular weight is 252 g/mol. The molecular weight excluding hydrogens is 242 g/mol. The lowest BCUT2D eigenvalue weighted by Gasteiger charge is -2.08. The molecule has 1 aromatic carbocycles. The number of pyridine rings is 1. The van der Waals surface area contributed by atoms with Gasteiger partial charge in [0.2, 0.25) is 0 Å². The van der Waals surface area contributed by atoms with Gasteiger partial charge in [0.25, 0.3) is 5.56 Å². The van der Waals surface area contributed by atoms with Crippen molar-refractivity contribution in [2.24, 2.45) is 0 Å². The molecule has 4 nitrogen and oxygen atoms in total. The molecule has 88 valence electrons. The lowest BCUT2D eigenvalue weighted by molar-refractivity contribution is -0.136. The largest absolute Gasteiger partial charge is 0.480 e. The molecule has 5 heteroatoms. The minimum absolute atomic E-state index is 0.0411. The van der Waals surface area contributed by atoms with E-state index in [0.29, 0.717) is 5.39 Å². The number of hydrogen-bond donors (Lipinski definition) is 1. The first-order valence-electron chi connectivity index (χ1n) is 5.04. The van der Waals surface area contributed by atoms with Crippen LogP contribution in [0.3, 0.4) is 0 Å². The molecule has 1 aromatic heterocycles. The molecule has 1 heterocycles. The first kappa shape index (κ1) is 11.7. The van der Waals surface area contributed by atoms with Gasteiger partial charge in [0, 0.05) is 11.6 Å². The van der Waals surface area contributed by atoms with Gasteiger partial charge < -0.3 is 9.67 Å². The van der Waals surface area contributed by atoms with Crippen molar-refractivity contribution in [1.82, 2.24) is 4.57 Å². The van der Waals surface area contributed by atoms with Crippen molar-refractivity contribution in [2.75, 3.05) is 0 Å². The molecule has 0 fully saturated rings. The van der Waals surface area contributed by atoms with Crippen molar-refractivity contribution in [3.8, 4) is 0 Å². The van der Waals surface area contributed by atoms with Crippen LogP contribution in [0.5, 0.6) is 0 Å². The summed E-state index contributed by atoms with van der Waals surface area (Å²) < 4.78 is 1.31. The van der Waals surface area contributed by atoms with Crippen molar-refractivity contribution in [3.05, 3.63) is 46.9 Å². The fourth-order valence-electron chi connectivity index (χ4n) is 1.62. The molecule has 0 aliphatic carbocycles. The van der Waals surface area contributed by atoms with Crippen LogP contribution in [0, 0.1) is 0 Å². The third kappa shape index (κ3) is 2.31. The first-order chi connectivity index (χ1) is 8.09. The maximum atomic E-state index is 12.0. The van der Waals surface area contributed by atoms with Crippen molar-refractivity contribution < 1.29 is 9.90 Å². The van der Waals surface area contributed by atoms with Gasteiger partial charge >= 0.3 is 5.97 Å². The summed E-state index contributed by atoms with van der Waals surface area (Å²) in [5.74, 6) is -1.13. The predicted molar refractivity (Wildman–Crippen MR) is 65.5 cm³/mol. The maximum absolute atomic E-state index is 12.0. The summed E-state index contributed by atoms with van der Waals surface area (Å²) in [6.45, 7) is -0.0411. The number of aliphatic carboxylic acids is 1. The van der Waals surface area contributed by atoms with Gasteiger partial charge in [0.1, 0.15) is 5.38 Å². The number of halogens is 1. The van der Waals surface area contributed by atoms with E-state index in [1.54, 1.807) is 24.4 Å². The fourth-order valence-corrected chi connectivity index (χ4v) is 1.77. The van der Waals surface area contributed by atoms with Crippen LogP contribution in [-0.2, 0) is 11.3 Å². The minimum atomic E-state index is -1.13. The van der Waals surface area contributed by atoms with E-state index in [-0.39, 0.29) is 12.1 Å². The molecule has 0 aliphatic heterocycles. The Kier molecular flexibility index (Phi) is 3.15. The number of rotatable bonds is 3. The van der Waals surface area contributed by atoms with Gasteiger partial charge in [0.15, 0.2) is 0 Å². The summed E-state index contributed by atoms with van der Waals surface area (Å²) in [6.07, 6.45) is 1.56. The Hall–Kier alpha value is -1.81. The van der Waals surface area contributed by atoms with E-state index in [1.165, 1.54) is 4.57 Å². The van der Waals surface area contributed by atoms with Crippen LogP contribution in [0.1, 0.15) is 0 Å². The second kappa shape index (κ2) is 4.59. The Morgan fingerprint density at radius 3 is 2.76 bits per heavy atom. The molecule has 0 amide bonds. The van der Waals surface area contributed by atoms with Gasteiger partial charge in [-0.3, -0.25) is 9.59 Å². The predicted octanol–water partition coefficient (Wildman–Crippen LogP) is 1.69. The number of carboxylic acid groups (broad SMARTS) is 1. The van der Waals surface area contributed by atoms with Crippen LogP contribution >= 0.6 is 11.6 Å². The summed E-state index contributed by atoms with van der Waals surface area (Å²) in [7, 11) is 0. The highest BCUT2D eigenvalue weighted by Gasteiger charge is 2.15. The fraction of sp³-hybridized carbons (Fsp3) is 0.167. The average Bonchev–Trinajstić information content (AvgIpc) is 2.33. The van der Waals surface area contributed by atoms with Gasteiger partial charge in [-0.1, -0.05) is 18.2 Å². The van der Waals surface area contributed by atoms with Crippen LogP contribution < -0.4 is 5.56 Å². The quantitative estimate of drug-likeness (QED) is 0.845. The zero-order chi connectivity index (χ0) is 12.4. The number of aromatic nitrogens is 1. The van der Waals surface area contributed by atoms with Crippen LogP contribution in [0.25, 0.3) is 10.8 Å². The van der Waals surface area contributed by atoms with Crippen LogP contribution in [0.4, 0.5) is 0 Å². The molecule has 0 saturated heterocycles. The lowest BCUT2D eigenvalue weighted by Crippen LogP contribution is -2.27. The summed E-state index contributed by atoms with van der Waals surface area (Å²) in [4.78, 5) is 22.6. The lowest BCUT2D eigenvalue weighted by atomic mass is 10.2. The Balaban J connectivity index is 2.46. The molecule has 0 aliphatic rings. The molecule has 1 atom stereocenters. The second-order valence-electron chi connectivity index (χ2n) is 3.67. The molecule has 0 bridgehead atoms. The topological polar surface area (TPSA) is 59.3 Å². The highest BCUT2D eigenvalue weighted by molar-refractivity contribution is 6.29. The van der Waals surface area contributed by atoms with Gasteiger partial charge in [-0.2, -0.15) is 0 Å². The molecule has 2 aromatic rings. The zero-order valence-electron chi connectivity index (χ0n) is 8.84. The van der Waals surface area contributed by atoms with Crippen LogP contribution in [-0.4, -0.2) is 21.0 Å². The number of nitrogens with zero attached hydrogens (tertiary/aromatic N) is 1.